The molecule has 2 fully saturated rings. The highest BCUT2D eigenvalue weighted by molar-refractivity contribution is 5.92. The molecule has 0 N–H and O–H groups in total. The molecule has 2 aliphatic rings. The number of carbonyl (C=O) groups excluding carboxylic acids is 1. The predicted octanol–water partition coefficient (Wildman–Crippen LogP) is 3.25. The van der Waals surface area contributed by atoms with Crippen LogP contribution in [-0.4, -0.2) is 24.2 Å². The first-order valence-electron chi connectivity index (χ1n) is 6.12. The Hall–Kier alpha value is -0.580. The van der Waals surface area contributed by atoms with E-state index in [2.05, 4.69) is 0 Å². The van der Waals surface area contributed by atoms with Gasteiger partial charge in [-0.15, -0.1) is 0 Å². The Labute approximate surface area is 98.5 Å². The van der Waals surface area contributed by atoms with Crippen molar-refractivity contribution in [1.29, 1.82) is 0 Å². The molecule has 5 heteroatoms. The molecular weight excluding hydrogens is 233 g/mol. The van der Waals surface area contributed by atoms with Crippen molar-refractivity contribution >= 4 is 5.78 Å². The van der Waals surface area contributed by atoms with Crippen LogP contribution in [-0.2, 0) is 9.53 Å². The number of ether oxygens (including phenoxy) is 1. The first-order chi connectivity index (χ1) is 7.86. The molecule has 0 aromatic carbocycles. The highest BCUT2D eigenvalue weighted by atomic mass is 19.4. The minimum atomic E-state index is -4.34. The monoisotopic (exact) mass is 250 g/mol. The van der Waals surface area contributed by atoms with Crippen LogP contribution in [0, 0.1) is 5.41 Å². The topological polar surface area (TPSA) is 26.3 Å². The van der Waals surface area contributed by atoms with Crippen LogP contribution in [0.5, 0.6) is 0 Å². The number of rotatable bonds is 2. The molecule has 0 amide bonds. The maximum absolute atomic E-state index is 12.4. The number of hydrogen-bond donors (Lipinski definition) is 0. The van der Waals surface area contributed by atoms with Gasteiger partial charge < -0.3 is 4.74 Å². The minimum Gasteiger partial charge on any atom is -0.364 e. The van der Waals surface area contributed by atoms with Gasteiger partial charge in [0, 0.05) is 6.42 Å². The number of halogens is 3. The van der Waals surface area contributed by atoms with E-state index < -0.39 is 23.8 Å². The van der Waals surface area contributed by atoms with Crippen LogP contribution in [0.15, 0.2) is 0 Å². The van der Waals surface area contributed by atoms with Crippen molar-refractivity contribution in [3.05, 3.63) is 0 Å². The van der Waals surface area contributed by atoms with Crippen molar-refractivity contribution < 1.29 is 22.7 Å². The molecule has 0 aliphatic heterocycles. The van der Waals surface area contributed by atoms with Crippen LogP contribution >= 0.6 is 0 Å². The van der Waals surface area contributed by atoms with Crippen molar-refractivity contribution in [2.45, 2.75) is 63.8 Å². The Kier molecular flexibility index (Phi) is 3.23. The number of alkyl halides is 3. The normalized spacial score (nSPS) is 30.1. The van der Waals surface area contributed by atoms with Crippen LogP contribution in [0.3, 0.4) is 0 Å². The highest BCUT2D eigenvalue weighted by Crippen LogP contribution is 2.51. The lowest BCUT2D eigenvalue weighted by molar-refractivity contribution is -0.251. The molecule has 0 aromatic heterocycles. The molecule has 98 valence electrons. The van der Waals surface area contributed by atoms with Crippen LogP contribution < -0.4 is 0 Å². The SMILES string of the molecule is CC(OC1CC(=O)C12CCCCC2)C(F)(F)F. The van der Waals surface area contributed by atoms with Gasteiger partial charge in [-0.25, -0.2) is 0 Å². The summed E-state index contributed by atoms with van der Waals surface area (Å²) in [4.78, 5) is 11.7. The fourth-order valence-corrected chi connectivity index (χ4v) is 2.90. The molecule has 0 radical (unpaired) electrons. The highest BCUT2D eigenvalue weighted by Gasteiger charge is 2.57. The van der Waals surface area contributed by atoms with E-state index in [4.69, 9.17) is 4.74 Å². The zero-order valence-corrected chi connectivity index (χ0v) is 9.85. The van der Waals surface area contributed by atoms with Gasteiger partial charge in [0.1, 0.15) is 5.78 Å². The summed E-state index contributed by atoms with van der Waals surface area (Å²) in [7, 11) is 0. The van der Waals surface area contributed by atoms with E-state index in [1.54, 1.807) is 0 Å². The molecule has 2 aliphatic carbocycles. The average Bonchev–Trinajstić information content (AvgIpc) is 2.28. The third-order valence-corrected chi connectivity index (χ3v) is 4.12. The van der Waals surface area contributed by atoms with E-state index in [9.17, 15) is 18.0 Å². The van der Waals surface area contributed by atoms with E-state index in [0.717, 1.165) is 26.2 Å². The Morgan fingerprint density at radius 3 is 2.35 bits per heavy atom. The van der Waals surface area contributed by atoms with Gasteiger partial charge in [0.25, 0.3) is 0 Å². The third kappa shape index (κ3) is 2.21. The zero-order chi connectivity index (χ0) is 12.7. The molecule has 0 saturated heterocycles. The van der Waals surface area contributed by atoms with E-state index in [1.165, 1.54) is 0 Å². The van der Waals surface area contributed by atoms with Crippen molar-refractivity contribution in [3.63, 3.8) is 0 Å². The number of carbonyl (C=O) groups is 1. The maximum Gasteiger partial charge on any atom is 0.414 e. The quantitative estimate of drug-likeness (QED) is 0.752. The summed E-state index contributed by atoms with van der Waals surface area (Å²) in [6.45, 7) is 1.01. The lowest BCUT2D eigenvalue weighted by Crippen LogP contribution is -2.57. The van der Waals surface area contributed by atoms with Gasteiger partial charge in [0.05, 0.1) is 11.5 Å². The van der Waals surface area contributed by atoms with Crippen LogP contribution in [0.1, 0.15) is 45.4 Å². The van der Waals surface area contributed by atoms with Crippen LogP contribution in [0.4, 0.5) is 13.2 Å². The van der Waals surface area contributed by atoms with Crippen molar-refractivity contribution in [2.24, 2.45) is 5.41 Å². The molecule has 2 unspecified atom stereocenters. The van der Waals surface area contributed by atoms with Crippen LogP contribution in [0.25, 0.3) is 0 Å². The Bertz CT molecular complexity index is 305. The maximum atomic E-state index is 12.4. The van der Waals surface area contributed by atoms with Crippen LogP contribution in [0.2, 0.25) is 0 Å². The fourth-order valence-electron chi connectivity index (χ4n) is 2.90. The summed E-state index contributed by atoms with van der Waals surface area (Å²) in [5.74, 6) is 0.0941. The van der Waals surface area contributed by atoms with Crippen molar-refractivity contribution in [3.8, 4) is 0 Å². The van der Waals surface area contributed by atoms with E-state index in [0.29, 0.717) is 12.8 Å². The molecule has 1 spiro atoms. The Morgan fingerprint density at radius 2 is 1.88 bits per heavy atom. The molecule has 2 saturated carbocycles. The summed E-state index contributed by atoms with van der Waals surface area (Å²) in [5.41, 5.74) is -0.586. The average molecular weight is 250 g/mol. The largest absolute Gasteiger partial charge is 0.414 e. The number of hydrogen-bond acceptors (Lipinski definition) is 2. The second kappa shape index (κ2) is 4.26. The molecule has 0 heterocycles. The summed E-state index contributed by atoms with van der Waals surface area (Å²) in [6.07, 6.45) is -2.18. The number of Topliss-reactive ketones (excluding diaryl/α,β-unsaturated/α-hetero) is 1. The summed E-state index contributed by atoms with van der Waals surface area (Å²) in [6, 6.07) is 0. The van der Waals surface area contributed by atoms with Gasteiger partial charge in [-0.1, -0.05) is 19.3 Å². The van der Waals surface area contributed by atoms with E-state index >= 15 is 0 Å². The van der Waals surface area contributed by atoms with E-state index in [-0.39, 0.29) is 12.2 Å². The predicted molar refractivity (Wildman–Crippen MR) is 55.5 cm³/mol. The van der Waals surface area contributed by atoms with Crippen molar-refractivity contribution in [1.82, 2.24) is 0 Å². The number of ketones is 1. The third-order valence-electron chi connectivity index (χ3n) is 4.12. The van der Waals surface area contributed by atoms with Gasteiger partial charge in [0.15, 0.2) is 6.10 Å². The van der Waals surface area contributed by atoms with Gasteiger partial charge in [-0.05, 0) is 19.8 Å². The summed E-state index contributed by atoms with van der Waals surface area (Å²) in [5, 5.41) is 0. The minimum absolute atomic E-state index is 0.0941. The lowest BCUT2D eigenvalue weighted by atomic mass is 9.57. The summed E-state index contributed by atoms with van der Waals surface area (Å²) >= 11 is 0. The zero-order valence-electron chi connectivity index (χ0n) is 9.85. The second-order valence-corrected chi connectivity index (χ2v) is 5.15. The van der Waals surface area contributed by atoms with Gasteiger partial charge >= 0.3 is 6.18 Å². The van der Waals surface area contributed by atoms with Crippen molar-refractivity contribution in [2.75, 3.05) is 0 Å². The molecule has 0 aromatic rings. The first-order valence-corrected chi connectivity index (χ1v) is 6.12. The molecule has 2 rings (SSSR count). The fraction of sp³-hybridized carbons (Fsp3) is 0.917. The molecule has 2 atom stereocenters. The summed E-state index contributed by atoms with van der Waals surface area (Å²) < 4.78 is 42.3. The lowest BCUT2D eigenvalue weighted by Gasteiger charge is -2.50. The molecule has 17 heavy (non-hydrogen) atoms. The molecular formula is C12H17F3O2. The van der Waals surface area contributed by atoms with Gasteiger partial charge in [0.2, 0.25) is 0 Å². The Morgan fingerprint density at radius 1 is 1.29 bits per heavy atom. The molecule has 0 bridgehead atoms. The van der Waals surface area contributed by atoms with Gasteiger partial charge in [-0.2, -0.15) is 13.2 Å². The second-order valence-electron chi connectivity index (χ2n) is 5.15. The standard InChI is InChI=1S/C12H17F3O2/c1-8(12(13,14)15)17-10-7-9(16)11(10)5-3-2-4-6-11/h8,10H,2-7H2,1H3. The first kappa shape index (κ1) is 12.9. The van der Waals surface area contributed by atoms with Gasteiger partial charge in [-0.3, -0.25) is 4.79 Å². The van der Waals surface area contributed by atoms with E-state index in [1.807, 2.05) is 0 Å². The Balaban J connectivity index is 2.00. The molecule has 2 nitrogen and oxygen atoms in total. The smallest absolute Gasteiger partial charge is 0.364 e.